The first kappa shape index (κ1) is 15.9. The molecule has 1 aliphatic rings. The summed E-state index contributed by atoms with van der Waals surface area (Å²) in [5.74, 6) is 0.149. The molecule has 6 nitrogen and oxygen atoms in total. The van der Waals surface area contributed by atoms with Crippen molar-refractivity contribution in [3.8, 4) is 22.8 Å². The van der Waals surface area contributed by atoms with Gasteiger partial charge >= 0.3 is 5.97 Å². The van der Waals surface area contributed by atoms with E-state index < -0.39 is 5.97 Å². The fraction of sp³-hybridized carbons (Fsp3) is 0.375. The van der Waals surface area contributed by atoms with Crippen LogP contribution in [0.2, 0.25) is 0 Å². The van der Waals surface area contributed by atoms with Gasteiger partial charge in [0.15, 0.2) is 11.5 Å². The van der Waals surface area contributed by atoms with Gasteiger partial charge in [0.2, 0.25) is 0 Å². The summed E-state index contributed by atoms with van der Waals surface area (Å²) in [7, 11) is 1.58. The molecule has 0 saturated heterocycles. The number of benzene rings is 1. The van der Waals surface area contributed by atoms with Crippen LogP contribution < -0.4 is 9.47 Å². The topological polar surface area (TPSA) is 84.4 Å². The first-order chi connectivity index (χ1) is 11.1. The van der Waals surface area contributed by atoms with Gasteiger partial charge in [0.1, 0.15) is 5.69 Å². The van der Waals surface area contributed by atoms with Crippen LogP contribution >= 0.6 is 15.9 Å². The highest BCUT2D eigenvalue weighted by Gasteiger charge is 2.23. The van der Waals surface area contributed by atoms with E-state index in [1.54, 1.807) is 7.11 Å². The Bertz CT molecular complexity index is 723. The summed E-state index contributed by atoms with van der Waals surface area (Å²) in [6, 6.07) is 5.18. The molecule has 23 heavy (non-hydrogen) atoms. The van der Waals surface area contributed by atoms with Crippen molar-refractivity contribution in [2.75, 3.05) is 7.11 Å². The SMILES string of the molecule is COc1cc(Br)cc(-c2cc(C(=O)O)[nH]n2)c1OC1CCCC1. The maximum Gasteiger partial charge on any atom is 0.353 e. The first-order valence-corrected chi connectivity index (χ1v) is 8.21. The van der Waals surface area contributed by atoms with E-state index in [-0.39, 0.29) is 11.8 Å². The fourth-order valence-corrected chi connectivity index (χ4v) is 3.21. The lowest BCUT2D eigenvalue weighted by Crippen LogP contribution is -2.12. The molecule has 0 radical (unpaired) electrons. The third kappa shape index (κ3) is 3.34. The van der Waals surface area contributed by atoms with Gasteiger partial charge in [-0.15, -0.1) is 0 Å². The summed E-state index contributed by atoms with van der Waals surface area (Å²) >= 11 is 3.44. The zero-order chi connectivity index (χ0) is 16.4. The summed E-state index contributed by atoms with van der Waals surface area (Å²) in [6.07, 6.45) is 4.50. The van der Waals surface area contributed by atoms with Crippen LogP contribution in [-0.4, -0.2) is 34.5 Å². The quantitative estimate of drug-likeness (QED) is 0.822. The van der Waals surface area contributed by atoms with Crippen molar-refractivity contribution in [3.05, 3.63) is 28.4 Å². The minimum atomic E-state index is -1.05. The fourth-order valence-electron chi connectivity index (χ4n) is 2.77. The second-order valence-corrected chi connectivity index (χ2v) is 6.40. The van der Waals surface area contributed by atoms with Crippen molar-refractivity contribution >= 4 is 21.9 Å². The van der Waals surface area contributed by atoms with Crippen molar-refractivity contribution in [2.24, 2.45) is 0 Å². The second kappa shape index (κ2) is 6.62. The van der Waals surface area contributed by atoms with E-state index in [4.69, 9.17) is 14.6 Å². The van der Waals surface area contributed by atoms with Crippen LogP contribution in [0.15, 0.2) is 22.7 Å². The van der Waals surface area contributed by atoms with E-state index in [9.17, 15) is 4.79 Å². The number of rotatable bonds is 5. The Hall–Kier alpha value is -2.02. The molecule has 0 aliphatic heterocycles. The van der Waals surface area contributed by atoms with Crippen LogP contribution in [0.4, 0.5) is 0 Å². The molecular weight excluding hydrogens is 364 g/mol. The predicted octanol–water partition coefficient (Wildman–Crippen LogP) is 3.87. The molecule has 3 rings (SSSR count). The Morgan fingerprint density at radius 1 is 1.35 bits per heavy atom. The second-order valence-electron chi connectivity index (χ2n) is 5.48. The monoisotopic (exact) mass is 380 g/mol. The highest BCUT2D eigenvalue weighted by Crippen LogP contribution is 2.42. The van der Waals surface area contributed by atoms with E-state index >= 15 is 0 Å². The van der Waals surface area contributed by atoms with E-state index in [0.29, 0.717) is 22.8 Å². The third-order valence-corrected chi connectivity index (χ3v) is 4.37. The number of aromatic nitrogens is 2. The third-order valence-electron chi connectivity index (χ3n) is 3.91. The largest absolute Gasteiger partial charge is 0.493 e. The molecule has 1 saturated carbocycles. The molecule has 0 spiro atoms. The minimum absolute atomic E-state index is 0.0331. The molecule has 0 bridgehead atoms. The van der Waals surface area contributed by atoms with Gasteiger partial charge in [0.05, 0.1) is 18.9 Å². The molecule has 0 atom stereocenters. The van der Waals surface area contributed by atoms with E-state index in [0.717, 1.165) is 30.2 Å². The number of hydrogen-bond acceptors (Lipinski definition) is 4. The number of hydrogen-bond donors (Lipinski definition) is 2. The molecule has 1 aliphatic carbocycles. The maximum atomic E-state index is 11.1. The zero-order valence-electron chi connectivity index (χ0n) is 12.6. The summed E-state index contributed by atoms with van der Waals surface area (Å²) in [5.41, 5.74) is 1.24. The van der Waals surface area contributed by atoms with Gasteiger partial charge in [0, 0.05) is 10.0 Å². The number of H-pyrrole nitrogens is 1. The maximum absolute atomic E-state index is 11.1. The van der Waals surface area contributed by atoms with E-state index in [1.807, 2.05) is 12.1 Å². The summed E-state index contributed by atoms with van der Waals surface area (Å²) in [6.45, 7) is 0. The van der Waals surface area contributed by atoms with Gasteiger partial charge in [-0.05, 0) is 43.9 Å². The van der Waals surface area contributed by atoms with Crippen LogP contribution in [-0.2, 0) is 0 Å². The lowest BCUT2D eigenvalue weighted by Gasteiger charge is -2.19. The average Bonchev–Trinajstić information content (AvgIpc) is 3.19. The molecule has 2 N–H and O–H groups in total. The lowest BCUT2D eigenvalue weighted by atomic mass is 10.1. The van der Waals surface area contributed by atoms with Crippen LogP contribution in [0.1, 0.15) is 36.2 Å². The highest BCUT2D eigenvalue weighted by atomic mass is 79.9. The zero-order valence-corrected chi connectivity index (χ0v) is 14.2. The number of ether oxygens (including phenoxy) is 2. The molecule has 1 fully saturated rings. The van der Waals surface area contributed by atoms with Gasteiger partial charge < -0.3 is 14.6 Å². The van der Waals surface area contributed by atoms with Crippen molar-refractivity contribution in [3.63, 3.8) is 0 Å². The number of carboxylic acids is 1. The Morgan fingerprint density at radius 2 is 2.09 bits per heavy atom. The van der Waals surface area contributed by atoms with Gasteiger partial charge in [-0.2, -0.15) is 5.10 Å². The molecule has 122 valence electrons. The number of methoxy groups -OCH3 is 1. The van der Waals surface area contributed by atoms with Crippen molar-refractivity contribution in [2.45, 2.75) is 31.8 Å². The molecule has 2 aromatic rings. The first-order valence-electron chi connectivity index (χ1n) is 7.41. The minimum Gasteiger partial charge on any atom is -0.493 e. The number of aromatic amines is 1. The smallest absolute Gasteiger partial charge is 0.353 e. The van der Waals surface area contributed by atoms with Crippen LogP contribution in [0.25, 0.3) is 11.3 Å². The number of carboxylic acid groups (broad SMARTS) is 1. The molecule has 1 aromatic carbocycles. The number of nitrogens with one attached hydrogen (secondary N) is 1. The standard InChI is InChI=1S/C16H17BrN2O4/c1-22-14-7-9(17)6-11(12-8-13(16(20)21)19-18-12)15(14)23-10-4-2-3-5-10/h6-8,10H,2-5H2,1H3,(H,18,19)(H,20,21). The Morgan fingerprint density at radius 3 is 2.70 bits per heavy atom. The Kier molecular flexibility index (Phi) is 4.56. The van der Waals surface area contributed by atoms with Crippen molar-refractivity contribution < 1.29 is 19.4 Å². The summed E-state index contributed by atoms with van der Waals surface area (Å²) < 4.78 is 12.4. The van der Waals surface area contributed by atoms with Gasteiger partial charge in [-0.1, -0.05) is 15.9 Å². The molecule has 1 heterocycles. The van der Waals surface area contributed by atoms with Crippen molar-refractivity contribution in [1.29, 1.82) is 0 Å². The molecule has 0 amide bonds. The normalized spacial score (nSPS) is 14.9. The summed E-state index contributed by atoms with van der Waals surface area (Å²) in [5, 5.41) is 15.7. The molecule has 0 unspecified atom stereocenters. The predicted molar refractivity (Wildman–Crippen MR) is 88.1 cm³/mol. The number of carbonyl (C=O) groups is 1. The highest BCUT2D eigenvalue weighted by molar-refractivity contribution is 9.10. The number of halogens is 1. The van der Waals surface area contributed by atoms with Crippen molar-refractivity contribution in [1.82, 2.24) is 10.2 Å². The van der Waals surface area contributed by atoms with Gasteiger partial charge in [-0.25, -0.2) is 4.79 Å². The lowest BCUT2D eigenvalue weighted by molar-refractivity contribution is 0.0690. The van der Waals surface area contributed by atoms with E-state index in [2.05, 4.69) is 26.1 Å². The number of nitrogens with zero attached hydrogens (tertiary/aromatic N) is 1. The molecule has 1 aromatic heterocycles. The molecular formula is C16H17BrN2O4. The van der Waals surface area contributed by atoms with E-state index in [1.165, 1.54) is 6.07 Å². The van der Waals surface area contributed by atoms with Gasteiger partial charge in [-0.3, -0.25) is 5.10 Å². The number of aromatic carboxylic acids is 1. The molecule has 7 heteroatoms. The van der Waals surface area contributed by atoms with Gasteiger partial charge in [0.25, 0.3) is 0 Å². The van der Waals surface area contributed by atoms with Crippen LogP contribution in [0, 0.1) is 0 Å². The Balaban J connectivity index is 2.05. The average molecular weight is 381 g/mol. The van der Waals surface area contributed by atoms with Crippen LogP contribution in [0.3, 0.4) is 0 Å². The summed E-state index contributed by atoms with van der Waals surface area (Å²) in [4.78, 5) is 11.1. The Labute approximate surface area is 141 Å². The van der Waals surface area contributed by atoms with Crippen LogP contribution in [0.5, 0.6) is 11.5 Å².